The van der Waals surface area contributed by atoms with E-state index in [-0.39, 0.29) is 5.91 Å². The van der Waals surface area contributed by atoms with E-state index in [9.17, 15) is 4.79 Å². The van der Waals surface area contributed by atoms with Gasteiger partial charge in [0.15, 0.2) is 0 Å². The van der Waals surface area contributed by atoms with Gasteiger partial charge in [0.05, 0.1) is 6.42 Å². The topological polar surface area (TPSA) is 29.1 Å². The Labute approximate surface area is 110 Å². The molecule has 0 heterocycles. The molecule has 1 saturated carbocycles. The monoisotopic (exact) mass is 245 g/mol. The second-order valence-corrected chi connectivity index (χ2v) is 5.64. The highest BCUT2D eigenvalue weighted by Gasteiger charge is 2.20. The molecular weight excluding hydrogens is 222 g/mol. The summed E-state index contributed by atoms with van der Waals surface area (Å²) in [5.41, 5.74) is 2.34. The number of rotatable bonds is 3. The number of hydrogen-bond acceptors (Lipinski definition) is 1. The fourth-order valence-corrected chi connectivity index (χ4v) is 2.83. The normalized spacial score (nSPS) is 23.7. The Bertz CT molecular complexity index is 413. The van der Waals surface area contributed by atoms with Crippen molar-refractivity contribution in [1.82, 2.24) is 5.32 Å². The van der Waals surface area contributed by atoms with Crippen LogP contribution < -0.4 is 5.32 Å². The van der Waals surface area contributed by atoms with Crippen LogP contribution in [0.25, 0.3) is 0 Å². The summed E-state index contributed by atoms with van der Waals surface area (Å²) in [6.07, 6.45) is 5.35. The molecule has 2 rings (SSSR count). The average Bonchev–Trinajstić information content (AvgIpc) is 2.32. The molecule has 0 spiro atoms. The van der Waals surface area contributed by atoms with Crippen molar-refractivity contribution in [3.05, 3.63) is 35.4 Å². The molecule has 0 aromatic heterocycles. The second kappa shape index (κ2) is 6.03. The van der Waals surface area contributed by atoms with Crippen molar-refractivity contribution in [2.75, 3.05) is 0 Å². The zero-order valence-corrected chi connectivity index (χ0v) is 11.4. The minimum Gasteiger partial charge on any atom is -0.353 e. The largest absolute Gasteiger partial charge is 0.353 e. The zero-order chi connectivity index (χ0) is 13.0. The number of benzene rings is 1. The number of carbonyl (C=O) groups excluding carboxylic acids is 1. The molecule has 1 aromatic rings. The van der Waals surface area contributed by atoms with Gasteiger partial charge in [-0.05, 0) is 36.8 Å². The van der Waals surface area contributed by atoms with Gasteiger partial charge in [0.1, 0.15) is 0 Å². The van der Waals surface area contributed by atoms with Gasteiger partial charge < -0.3 is 5.32 Å². The number of carbonyl (C=O) groups is 1. The summed E-state index contributed by atoms with van der Waals surface area (Å²) in [7, 11) is 0. The van der Waals surface area contributed by atoms with Gasteiger partial charge in [-0.25, -0.2) is 0 Å². The van der Waals surface area contributed by atoms with Crippen LogP contribution in [0.3, 0.4) is 0 Å². The van der Waals surface area contributed by atoms with Crippen molar-refractivity contribution in [3.63, 3.8) is 0 Å². The predicted molar refractivity (Wildman–Crippen MR) is 74.4 cm³/mol. The molecule has 1 N–H and O–H groups in total. The molecule has 1 fully saturated rings. The third-order valence-corrected chi connectivity index (χ3v) is 3.91. The minimum absolute atomic E-state index is 0.170. The van der Waals surface area contributed by atoms with Gasteiger partial charge in [0, 0.05) is 6.04 Å². The highest BCUT2D eigenvalue weighted by molar-refractivity contribution is 5.79. The molecule has 1 aliphatic rings. The average molecular weight is 245 g/mol. The lowest BCUT2D eigenvalue weighted by molar-refractivity contribution is -0.121. The van der Waals surface area contributed by atoms with E-state index < -0.39 is 0 Å². The summed E-state index contributed by atoms with van der Waals surface area (Å²) in [4.78, 5) is 12.0. The molecule has 2 nitrogen and oxygen atoms in total. The van der Waals surface area contributed by atoms with Gasteiger partial charge in [-0.15, -0.1) is 0 Å². The van der Waals surface area contributed by atoms with E-state index in [1.165, 1.54) is 18.4 Å². The maximum absolute atomic E-state index is 12.0. The van der Waals surface area contributed by atoms with E-state index in [0.29, 0.717) is 12.5 Å². The molecule has 18 heavy (non-hydrogen) atoms. The molecule has 2 heteroatoms. The molecule has 98 valence electrons. The minimum atomic E-state index is 0.170. The van der Waals surface area contributed by atoms with Crippen LogP contribution in [0.5, 0.6) is 0 Å². The predicted octanol–water partition coefficient (Wildman–Crippen LogP) is 3.23. The first-order chi connectivity index (χ1) is 8.65. The Hall–Kier alpha value is -1.31. The molecule has 1 aromatic carbocycles. The molecule has 1 amide bonds. The molecule has 0 saturated heterocycles. The fraction of sp³-hybridized carbons (Fsp3) is 0.562. The van der Waals surface area contributed by atoms with E-state index in [0.717, 1.165) is 24.3 Å². The molecule has 0 bridgehead atoms. The lowest BCUT2D eigenvalue weighted by atomic mass is 9.87. The smallest absolute Gasteiger partial charge is 0.224 e. The summed E-state index contributed by atoms with van der Waals surface area (Å²) < 4.78 is 0. The zero-order valence-electron chi connectivity index (χ0n) is 11.4. The van der Waals surface area contributed by atoms with Crippen LogP contribution in [0.1, 0.15) is 43.7 Å². The second-order valence-electron chi connectivity index (χ2n) is 5.64. The standard InChI is InChI=1S/C16H23NO/c1-12-6-5-9-15(10-12)17-16(18)11-14-8-4-3-7-13(14)2/h3-4,7-8,12,15H,5-6,9-11H2,1-2H3,(H,17,18). The quantitative estimate of drug-likeness (QED) is 0.870. The lowest BCUT2D eigenvalue weighted by Gasteiger charge is -2.27. The van der Waals surface area contributed by atoms with E-state index in [1.807, 2.05) is 18.2 Å². The highest BCUT2D eigenvalue weighted by Crippen LogP contribution is 2.23. The Morgan fingerprint density at radius 2 is 2.11 bits per heavy atom. The van der Waals surface area contributed by atoms with Gasteiger partial charge >= 0.3 is 0 Å². The van der Waals surface area contributed by atoms with Crippen molar-refractivity contribution >= 4 is 5.91 Å². The Kier molecular flexibility index (Phi) is 4.40. The van der Waals surface area contributed by atoms with Crippen molar-refractivity contribution in [2.45, 2.75) is 52.0 Å². The van der Waals surface area contributed by atoms with Crippen molar-refractivity contribution in [1.29, 1.82) is 0 Å². The molecular formula is C16H23NO. The maximum Gasteiger partial charge on any atom is 0.224 e. The number of aryl methyl sites for hydroxylation is 1. The van der Waals surface area contributed by atoms with Crippen LogP contribution in [0.15, 0.2) is 24.3 Å². The van der Waals surface area contributed by atoms with Crippen LogP contribution in [0.4, 0.5) is 0 Å². The number of amides is 1. The lowest BCUT2D eigenvalue weighted by Crippen LogP contribution is -2.38. The summed E-state index contributed by atoms with van der Waals surface area (Å²) in [6, 6.07) is 8.51. The molecule has 1 aliphatic carbocycles. The van der Waals surface area contributed by atoms with E-state index in [4.69, 9.17) is 0 Å². The van der Waals surface area contributed by atoms with Crippen LogP contribution in [-0.4, -0.2) is 11.9 Å². The summed E-state index contributed by atoms with van der Waals surface area (Å²) in [6.45, 7) is 4.34. The van der Waals surface area contributed by atoms with Crippen molar-refractivity contribution in [2.24, 2.45) is 5.92 Å². The Balaban J connectivity index is 1.87. The summed E-state index contributed by atoms with van der Waals surface area (Å²) in [5.74, 6) is 0.922. The first-order valence-corrected chi connectivity index (χ1v) is 6.99. The number of hydrogen-bond donors (Lipinski definition) is 1. The molecule has 2 unspecified atom stereocenters. The third kappa shape index (κ3) is 3.59. The van der Waals surface area contributed by atoms with E-state index in [2.05, 4.69) is 25.2 Å². The maximum atomic E-state index is 12.0. The highest BCUT2D eigenvalue weighted by atomic mass is 16.1. The van der Waals surface area contributed by atoms with Crippen molar-refractivity contribution < 1.29 is 4.79 Å². The first kappa shape index (κ1) is 13.1. The van der Waals surface area contributed by atoms with Crippen LogP contribution in [-0.2, 0) is 11.2 Å². The van der Waals surface area contributed by atoms with Crippen LogP contribution in [0.2, 0.25) is 0 Å². The van der Waals surface area contributed by atoms with Gasteiger partial charge in [-0.3, -0.25) is 4.79 Å². The SMILES string of the molecule is Cc1ccccc1CC(=O)NC1CCCC(C)C1. The fourth-order valence-electron chi connectivity index (χ4n) is 2.83. The Morgan fingerprint density at radius 1 is 1.33 bits per heavy atom. The molecule has 2 atom stereocenters. The van der Waals surface area contributed by atoms with Gasteiger partial charge in [-0.2, -0.15) is 0 Å². The Morgan fingerprint density at radius 3 is 2.83 bits per heavy atom. The van der Waals surface area contributed by atoms with Crippen LogP contribution in [0, 0.1) is 12.8 Å². The molecule has 0 aliphatic heterocycles. The van der Waals surface area contributed by atoms with Crippen LogP contribution >= 0.6 is 0 Å². The summed E-state index contributed by atoms with van der Waals surface area (Å²) in [5, 5.41) is 3.19. The van der Waals surface area contributed by atoms with Gasteiger partial charge in [0.25, 0.3) is 0 Å². The van der Waals surface area contributed by atoms with E-state index >= 15 is 0 Å². The third-order valence-electron chi connectivity index (χ3n) is 3.91. The van der Waals surface area contributed by atoms with E-state index in [1.54, 1.807) is 0 Å². The molecule has 0 radical (unpaired) electrons. The summed E-state index contributed by atoms with van der Waals surface area (Å²) >= 11 is 0. The van der Waals surface area contributed by atoms with Gasteiger partial charge in [-0.1, -0.05) is 44.0 Å². The first-order valence-electron chi connectivity index (χ1n) is 6.99. The van der Waals surface area contributed by atoms with Gasteiger partial charge in [0.2, 0.25) is 5.91 Å². The van der Waals surface area contributed by atoms with Crippen molar-refractivity contribution in [3.8, 4) is 0 Å². The number of nitrogens with one attached hydrogen (secondary N) is 1.